The molecule has 0 saturated carbocycles. The number of halogens is 1. The van der Waals surface area contributed by atoms with Crippen LogP contribution < -0.4 is 24.4 Å². The predicted molar refractivity (Wildman–Crippen MR) is 185 cm³/mol. The molecule has 0 N–H and O–H groups in total. The number of esters is 1. The number of rotatable bonds is 8. The largest absolute Gasteiger partial charge is 0.497 e. The van der Waals surface area contributed by atoms with Crippen molar-refractivity contribution < 1.29 is 23.4 Å². The number of carbonyl (C=O) groups excluding carboxylic acids is 1. The fraction of sp³-hybridized carbons (Fsp3) is 0.184. The Kier molecular flexibility index (Phi) is 8.18. The summed E-state index contributed by atoms with van der Waals surface area (Å²) >= 11 is 1.26. The van der Waals surface area contributed by atoms with Crippen molar-refractivity contribution in [2.45, 2.75) is 26.4 Å². The Hall–Kier alpha value is -5.48. The van der Waals surface area contributed by atoms with Crippen molar-refractivity contribution >= 4 is 45.1 Å². The Morgan fingerprint density at radius 2 is 1.77 bits per heavy atom. The van der Waals surface area contributed by atoms with Gasteiger partial charge in [0.15, 0.2) is 4.80 Å². The molecule has 48 heavy (non-hydrogen) atoms. The van der Waals surface area contributed by atoms with Crippen LogP contribution in [0.25, 0.3) is 27.8 Å². The van der Waals surface area contributed by atoms with E-state index in [4.69, 9.17) is 19.2 Å². The van der Waals surface area contributed by atoms with Crippen LogP contribution >= 0.6 is 11.3 Å². The topological polar surface area (TPSA) is 84.1 Å². The van der Waals surface area contributed by atoms with Gasteiger partial charge in [-0.25, -0.2) is 14.2 Å². The summed E-state index contributed by atoms with van der Waals surface area (Å²) in [5.41, 5.74) is 3.84. The Balaban J connectivity index is 1.46. The number of nitrogens with zero attached hydrogens (tertiary/aromatic N) is 3. The highest BCUT2D eigenvalue weighted by Gasteiger charge is 2.36. The van der Waals surface area contributed by atoms with Crippen LogP contribution in [0.4, 0.5) is 4.39 Å². The van der Waals surface area contributed by atoms with Gasteiger partial charge in [0.25, 0.3) is 5.56 Å². The lowest BCUT2D eigenvalue weighted by molar-refractivity contribution is -0.139. The molecule has 0 radical (unpaired) electrons. The number of hydrogen-bond acceptors (Lipinski definition) is 7. The quantitative estimate of drug-likeness (QED) is 0.184. The molecule has 242 valence electrons. The first-order valence-corrected chi connectivity index (χ1v) is 16.3. The summed E-state index contributed by atoms with van der Waals surface area (Å²) in [6.07, 6.45) is 3.87. The molecule has 1 aliphatic rings. The van der Waals surface area contributed by atoms with Crippen LogP contribution in [0.3, 0.4) is 0 Å². The summed E-state index contributed by atoms with van der Waals surface area (Å²) in [5, 5.41) is 2.63. The first-order chi connectivity index (χ1) is 23.3. The zero-order valence-electron chi connectivity index (χ0n) is 26.8. The van der Waals surface area contributed by atoms with E-state index in [0.29, 0.717) is 38.6 Å². The van der Waals surface area contributed by atoms with Crippen molar-refractivity contribution in [1.82, 2.24) is 9.13 Å². The van der Waals surface area contributed by atoms with Gasteiger partial charge in [0.05, 0.1) is 36.6 Å². The molecule has 0 saturated heterocycles. The molecule has 1 atom stereocenters. The molecule has 0 fully saturated rings. The van der Waals surface area contributed by atoms with Crippen LogP contribution in [-0.4, -0.2) is 35.9 Å². The summed E-state index contributed by atoms with van der Waals surface area (Å²) < 4.78 is 34.7. The number of thiazole rings is 1. The summed E-state index contributed by atoms with van der Waals surface area (Å²) in [6.45, 7) is 4.20. The standard InChI is InChI=1S/C38H32FN3O5S/c1-5-47-37(44)33-22(2)40-38-42(35(33)34-29-19-27(45-3)16-12-24(29)13-17-31(34)46-4)36(43)32(48-38)18-25-21-41(30-9-7-6-8-28(25)30)20-23-10-14-26(39)15-11-23/h6-19,21,35H,5,20H2,1-4H3/t35-/m0/s1. The van der Waals surface area contributed by atoms with Gasteiger partial charge in [0.2, 0.25) is 0 Å². The number of ether oxygens (including phenoxy) is 3. The molecule has 4 aromatic carbocycles. The van der Waals surface area contributed by atoms with Gasteiger partial charge in [-0.3, -0.25) is 9.36 Å². The highest BCUT2D eigenvalue weighted by molar-refractivity contribution is 7.07. The minimum atomic E-state index is -0.881. The molecule has 8 nitrogen and oxygen atoms in total. The van der Waals surface area contributed by atoms with E-state index in [2.05, 4.69) is 4.57 Å². The smallest absolute Gasteiger partial charge is 0.338 e. The molecule has 0 unspecified atom stereocenters. The van der Waals surface area contributed by atoms with Gasteiger partial charge in [-0.15, -0.1) is 0 Å². The second-order valence-electron chi connectivity index (χ2n) is 11.4. The van der Waals surface area contributed by atoms with Crippen molar-refractivity contribution in [3.8, 4) is 11.5 Å². The minimum Gasteiger partial charge on any atom is -0.497 e. The van der Waals surface area contributed by atoms with E-state index in [0.717, 1.165) is 32.8 Å². The molecular formula is C38H32FN3O5S. The molecule has 6 aromatic rings. The van der Waals surface area contributed by atoms with E-state index in [-0.39, 0.29) is 23.6 Å². The molecule has 1 aliphatic heterocycles. The number of fused-ring (bicyclic) bond motifs is 3. The number of allylic oxidation sites excluding steroid dienone is 1. The van der Waals surface area contributed by atoms with E-state index < -0.39 is 12.0 Å². The molecule has 3 heterocycles. The van der Waals surface area contributed by atoms with Crippen molar-refractivity contribution in [3.05, 3.63) is 139 Å². The van der Waals surface area contributed by atoms with Gasteiger partial charge < -0.3 is 18.8 Å². The number of para-hydroxylation sites is 1. The maximum atomic E-state index is 14.6. The average Bonchev–Trinajstić information content (AvgIpc) is 3.60. The molecule has 7 rings (SSSR count). The SMILES string of the molecule is CCOC(=O)C1=C(C)N=c2sc(=Cc3cn(Cc4ccc(F)cc4)c4ccccc34)c(=O)n2[C@@H]1c1c(OC)ccc2ccc(OC)cc12. The zero-order chi connectivity index (χ0) is 33.5. The lowest BCUT2D eigenvalue weighted by Gasteiger charge is -2.27. The first kappa shape index (κ1) is 31.1. The monoisotopic (exact) mass is 661 g/mol. The van der Waals surface area contributed by atoms with Crippen LogP contribution in [-0.2, 0) is 16.1 Å². The molecule has 2 aromatic heterocycles. The van der Waals surface area contributed by atoms with Gasteiger partial charge in [-0.2, -0.15) is 0 Å². The van der Waals surface area contributed by atoms with Crippen molar-refractivity contribution in [3.63, 3.8) is 0 Å². The van der Waals surface area contributed by atoms with Gasteiger partial charge in [-0.05, 0) is 72.7 Å². The molecular weight excluding hydrogens is 629 g/mol. The Bertz CT molecular complexity index is 2430. The summed E-state index contributed by atoms with van der Waals surface area (Å²) in [5.74, 6) is 0.298. The molecule has 0 bridgehead atoms. The van der Waals surface area contributed by atoms with Gasteiger partial charge in [0.1, 0.15) is 23.4 Å². The normalized spacial score (nSPS) is 14.7. The van der Waals surface area contributed by atoms with Crippen LogP contribution in [0.1, 0.15) is 36.6 Å². The zero-order valence-corrected chi connectivity index (χ0v) is 27.6. The highest BCUT2D eigenvalue weighted by Crippen LogP contribution is 2.41. The van der Waals surface area contributed by atoms with E-state index >= 15 is 0 Å². The van der Waals surface area contributed by atoms with Crippen LogP contribution in [0, 0.1) is 5.82 Å². The van der Waals surface area contributed by atoms with E-state index in [1.54, 1.807) is 44.8 Å². The lowest BCUT2D eigenvalue weighted by atomic mass is 9.90. The Morgan fingerprint density at radius 1 is 1.00 bits per heavy atom. The van der Waals surface area contributed by atoms with Crippen LogP contribution in [0.2, 0.25) is 0 Å². The molecule has 0 aliphatic carbocycles. The molecule has 10 heteroatoms. The fourth-order valence-electron chi connectivity index (χ4n) is 6.40. The number of hydrogen-bond donors (Lipinski definition) is 0. The third kappa shape index (κ3) is 5.37. The van der Waals surface area contributed by atoms with Crippen molar-refractivity contribution in [2.24, 2.45) is 4.99 Å². The average molecular weight is 662 g/mol. The van der Waals surface area contributed by atoms with E-state index in [1.807, 2.05) is 66.9 Å². The number of methoxy groups -OCH3 is 2. The van der Waals surface area contributed by atoms with Gasteiger partial charge >= 0.3 is 5.97 Å². The summed E-state index contributed by atoms with van der Waals surface area (Å²) in [7, 11) is 3.16. The predicted octanol–water partition coefficient (Wildman–Crippen LogP) is 6.11. The second-order valence-corrected chi connectivity index (χ2v) is 12.4. The number of aromatic nitrogens is 2. The second kappa shape index (κ2) is 12.6. The van der Waals surface area contributed by atoms with E-state index in [1.165, 1.54) is 23.5 Å². The summed E-state index contributed by atoms with van der Waals surface area (Å²) in [4.78, 5) is 33.4. The number of benzene rings is 4. The fourth-order valence-corrected chi connectivity index (χ4v) is 7.44. The minimum absolute atomic E-state index is 0.162. The van der Waals surface area contributed by atoms with Crippen molar-refractivity contribution in [1.29, 1.82) is 0 Å². The van der Waals surface area contributed by atoms with E-state index in [9.17, 15) is 14.0 Å². The van der Waals surface area contributed by atoms with Gasteiger partial charge in [0, 0.05) is 34.8 Å². The summed E-state index contributed by atoms with van der Waals surface area (Å²) in [6, 6.07) is 23.0. The van der Waals surface area contributed by atoms with Gasteiger partial charge in [-0.1, -0.05) is 53.8 Å². The Morgan fingerprint density at radius 3 is 2.52 bits per heavy atom. The Labute approximate surface area is 279 Å². The highest BCUT2D eigenvalue weighted by atomic mass is 32.1. The maximum absolute atomic E-state index is 14.6. The molecule has 0 amide bonds. The van der Waals surface area contributed by atoms with Crippen molar-refractivity contribution in [2.75, 3.05) is 20.8 Å². The third-order valence-corrected chi connectivity index (χ3v) is 9.60. The van der Waals surface area contributed by atoms with Crippen LogP contribution in [0.15, 0.2) is 106 Å². The lowest BCUT2D eigenvalue weighted by Crippen LogP contribution is -2.40. The number of carbonyl (C=O) groups is 1. The maximum Gasteiger partial charge on any atom is 0.338 e. The van der Waals surface area contributed by atoms with Crippen LogP contribution in [0.5, 0.6) is 11.5 Å². The molecule has 0 spiro atoms. The third-order valence-electron chi connectivity index (χ3n) is 8.61. The first-order valence-electron chi connectivity index (χ1n) is 15.5.